The molecule has 0 saturated carbocycles. The lowest BCUT2D eigenvalue weighted by Crippen LogP contribution is -2.34. The van der Waals surface area contributed by atoms with Crippen molar-refractivity contribution in [2.75, 3.05) is 21.3 Å². The second-order valence-corrected chi connectivity index (χ2v) is 5.23. The Hall–Kier alpha value is -2.03. The number of esters is 1. The molecule has 0 bridgehead atoms. The van der Waals surface area contributed by atoms with Crippen LogP contribution in [0.5, 0.6) is 0 Å². The molecule has 0 aliphatic rings. The van der Waals surface area contributed by atoms with Crippen molar-refractivity contribution in [1.82, 2.24) is 9.55 Å². The summed E-state index contributed by atoms with van der Waals surface area (Å²) >= 11 is 1.44. The highest BCUT2D eigenvalue weighted by Crippen LogP contribution is 2.22. The molecule has 2 heterocycles. The maximum Gasteiger partial charge on any atom is 0.345 e. The van der Waals surface area contributed by atoms with E-state index in [1.807, 2.05) is 17.5 Å². The van der Waals surface area contributed by atoms with E-state index in [9.17, 15) is 9.59 Å². The highest BCUT2D eigenvalue weighted by molar-refractivity contribution is 7.13. The maximum atomic E-state index is 12.6. The van der Waals surface area contributed by atoms with E-state index < -0.39 is 17.8 Å². The Morgan fingerprint density at radius 1 is 1.36 bits per heavy atom. The number of hydrogen-bond donors (Lipinski definition) is 0. The van der Waals surface area contributed by atoms with Crippen LogP contribution in [0.2, 0.25) is 0 Å². The van der Waals surface area contributed by atoms with Gasteiger partial charge in [-0.1, -0.05) is 6.07 Å². The monoisotopic (exact) mass is 324 g/mol. The van der Waals surface area contributed by atoms with E-state index in [2.05, 4.69) is 9.72 Å². The van der Waals surface area contributed by atoms with Gasteiger partial charge in [-0.15, -0.1) is 11.3 Å². The molecule has 2 aromatic rings. The van der Waals surface area contributed by atoms with Crippen LogP contribution in [0.15, 0.2) is 28.5 Å². The van der Waals surface area contributed by atoms with Crippen LogP contribution in [0, 0.1) is 0 Å². The van der Waals surface area contributed by atoms with Crippen LogP contribution >= 0.6 is 11.3 Å². The molecule has 8 heteroatoms. The molecule has 0 aliphatic heterocycles. The molecule has 0 fully saturated rings. The Kier molecular flexibility index (Phi) is 5.42. The largest absolute Gasteiger partial charge is 0.465 e. The van der Waals surface area contributed by atoms with Gasteiger partial charge in [0.2, 0.25) is 0 Å². The number of hydrogen-bond acceptors (Lipinski definition) is 7. The van der Waals surface area contributed by atoms with Crippen molar-refractivity contribution in [3.8, 4) is 10.7 Å². The molecule has 0 amide bonds. The molecule has 0 spiro atoms. The molecule has 2 rings (SSSR count). The van der Waals surface area contributed by atoms with E-state index in [-0.39, 0.29) is 12.1 Å². The summed E-state index contributed by atoms with van der Waals surface area (Å²) in [4.78, 5) is 29.3. The van der Waals surface area contributed by atoms with Crippen LogP contribution in [0.4, 0.5) is 0 Å². The number of methoxy groups -OCH3 is 3. The zero-order valence-electron chi connectivity index (χ0n) is 12.4. The van der Waals surface area contributed by atoms with Crippen molar-refractivity contribution < 1.29 is 19.0 Å². The Morgan fingerprint density at radius 2 is 2.09 bits per heavy atom. The highest BCUT2D eigenvalue weighted by Gasteiger charge is 2.20. The predicted molar refractivity (Wildman–Crippen MR) is 81.0 cm³/mol. The van der Waals surface area contributed by atoms with Crippen LogP contribution in [0.1, 0.15) is 10.4 Å². The number of carbonyl (C=O) groups is 1. The molecule has 0 saturated heterocycles. The molecule has 2 aromatic heterocycles. The predicted octanol–water partition coefficient (Wildman–Crippen LogP) is 1.38. The summed E-state index contributed by atoms with van der Waals surface area (Å²) in [5, 5.41) is 1.88. The topological polar surface area (TPSA) is 79.7 Å². The molecule has 0 unspecified atom stereocenters. The van der Waals surface area contributed by atoms with Gasteiger partial charge in [-0.3, -0.25) is 9.36 Å². The second kappa shape index (κ2) is 7.30. The first-order valence-corrected chi connectivity index (χ1v) is 7.28. The summed E-state index contributed by atoms with van der Waals surface area (Å²) in [7, 11) is 4.16. The third-order valence-electron chi connectivity index (χ3n) is 3.05. The third-order valence-corrected chi connectivity index (χ3v) is 3.92. The van der Waals surface area contributed by atoms with Crippen LogP contribution in [-0.4, -0.2) is 43.1 Å². The SMILES string of the molecule is COC(=O)c1cnc(-c2cccs2)n(CC(OC)OC)c1=O. The minimum atomic E-state index is -0.727. The summed E-state index contributed by atoms with van der Waals surface area (Å²) in [6.07, 6.45) is 0.597. The third kappa shape index (κ3) is 3.24. The van der Waals surface area contributed by atoms with E-state index in [0.29, 0.717) is 5.82 Å². The van der Waals surface area contributed by atoms with E-state index in [1.54, 1.807) is 0 Å². The summed E-state index contributed by atoms with van der Waals surface area (Å²) in [6, 6.07) is 3.70. The molecule has 0 N–H and O–H groups in total. The normalized spacial score (nSPS) is 10.9. The van der Waals surface area contributed by atoms with Gasteiger partial charge in [-0.25, -0.2) is 9.78 Å². The Morgan fingerprint density at radius 3 is 2.64 bits per heavy atom. The van der Waals surface area contributed by atoms with Crippen molar-refractivity contribution >= 4 is 17.3 Å². The summed E-state index contributed by atoms with van der Waals surface area (Å²) in [5.41, 5.74) is -0.627. The van der Waals surface area contributed by atoms with Gasteiger partial charge in [0.1, 0.15) is 5.56 Å². The molecule has 0 atom stereocenters. The van der Waals surface area contributed by atoms with E-state index in [1.165, 1.54) is 43.4 Å². The van der Waals surface area contributed by atoms with Crippen molar-refractivity contribution in [2.24, 2.45) is 0 Å². The van der Waals surface area contributed by atoms with Crippen molar-refractivity contribution in [3.05, 3.63) is 39.6 Å². The zero-order chi connectivity index (χ0) is 16.1. The lowest BCUT2D eigenvalue weighted by molar-refractivity contribution is -0.111. The quantitative estimate of drug-likeness (QED) is 0.590. The van der Waals surface area contributed by atoms with Crippen LogP contribution in [-0.2, 0) is 20.8 Å². The number of rotatable bonds is 6. The zero-order valence-corrected chi connectivity index (χ0v) is 13.3. The fourth-order valence-electron chi connectivity index (χ4n) is 1.91. The van der Waals surface area contributed by atoms with Crippen LogP contribution in [0.25, 0.3) is 10.7 Å². The summed E-state index contributed by atoms with van der Waals surface area (Å²) in [6.45, 7) is 0.108. The number of nitrogens with zero attached hydrogens (tertiary/aromatic N) is 2. The molecule has 7 nitrogen and oxygen atoms in total. The van der Waals surface area contributed by atoms with Gasteiger partial charge in [0.25, 0.3) is 5.56 Å². The minimum Gasteiger partial charge on any atom is -0.465 e. The van der Waals surface area contributed by atoms with Gasteiger partial charge < -0.3 is 14.2 Å². The van der Waals surface area contributed by atoms with E-state index >= 15 is 0 Å². The smallest absolute Gasteiger partial charge is 0.345 e. The molecule has 118 valence electrons. The minimum absolute atomic E-state index is 0.108. The van der Waals surface area contributed by atoms with Gasteiger partial charge in [-0.2, -0.15) is 0 Å². The maximum absolute atomic E-state index is 12.6. The molecule has 0 radical (unpaired) electrons. The number of aromatic nitrogens is 2. The number of ether oxygens (including phenoxy) is 3. The van der Waals surface area contributed by atoms with Gasteiger partial charge in [0, 0.05) is 20.4 Å². The average molecular weight is 324 g/mol. The first-order valence-electron chi connectivity index (χ1n) is 6.40. The number of thiophene rings is 1. The Balaban J connectivity index is 2.57. The molecule has 0 aliphatic carbocycles. The molecule has 0 aromatic carbocycles. The van der Waals surface area contributed by atoms with Gasteiger partial charge in [-0.05, 0) is 11.4 Å². The number of carbonyl (C=O) groups excluding carboxylic acids is 1. The van der Waals surface area contributed by atoms with E-state index in [4.69, 9.17) is 9.47 Å². The molecular formula is C14H16N2O5S. The molecule has 22 heavy (non-hydrogen) atoms. The average Bonchev–Trinajstić information content (AvgIpc) is 3.07. The Labute approximate surface area is 131 Å². The fraction of sp³-hybridized carbons (Fsp3) is 0.357. The van der Waals surface area contributed by atoms with E-state index in [0.717, 1.165) is 4.88 Å². The second-order valence-electron chi connectivity index (χ2n) is 4.28. The lowest BCUT2D eigenvalue weighted by Gasteiger charge is -2.17. The molecular weight excluding hydrogens is 308 g/mol. The highest BCUT2D eigenvalue weighted by atomic mass is 32.1. The van der Waals surface area contributed by atoms with Crippen molar-refractivity contribution in [1.29, 1.82) is 0 Å². The lowest BCUT2D eigenvalue weighted by atomic mass is 10.3. The summed E-state index contributed by atoms with van der Waals surface area (Å²) < 4.78 is 16.2. The fourth-order valence-corrected chi connectivity index (χ4v) is 2.64. The Bertz CT molecular complexity index is 692. The summed E-state index contributed by atoms with van der Waals surface area (Å²) in [5.74, 6) is -0.276. The first kappa shape index (κ1) is 16.3. The van der Waals surface area contributed by atoms with Crippen LogP contribution in [0.3, 0.4) is 0 Å². The first-order chi connectivity index (χ1) is 10.6. The van der Waals surface area contributed by atoms with Crippen LogP contribution < -0.4 is 5.56 Å². The van der Waals surface area contributed by atoms with Gasteiger partial charge in [0.15, 0.2) is 12.1 Å². The van der Waals surface area contributed by atoms with Crippen molar-refractivity contribution in [2.45, 2.75) is 12.8 Å². The standard InChI is InChI=1S/C14H16N2O5S/c1-19-11(20-2)8-16-12(10-5-4-6-22-10)15-7-9(13(16)17)14(18)21-3/h4-7,11H,8H2,1-3H3. The van der Waals surface area contributed by atoms with Crippen molar-refractivity contribution in [3.63, 3.8) is 0 Å². The van der Waals surface area contributed by atoms with Gasteiger partial charge >= 0.3 is 5.97 Å². The van der Waals surface area contributed by atoms with Gasteiger partial charge in [0.05, 0.1) is 18.5 Å².